The second-order valence-electron chi connectivity index (χ2n) is 11.2. The molecule has 3 rings (SSSR count). The summed E-state index contributed by atoms with van der Waals surface area (Å²) >= 11 is 1.13. The van der Waals surface area contributed by atoms with Gasteiger partial charge in [0.05, 0.1) is 36.4 Å². The molecule has 0 aliphatic heterocycles. The van der Waals surface area contributed by atoms with Crippen LogP contribution in [-0.2, 0) is 44.6 Å². The molecule has 4 atom stereocenters. The predicted molar refractivity (Wildman–Crippen MR) is 172 cm³/mol. The average Bonchev–Trinajstić information content (AvgIpc) is 3.49. The number of ether oxygens (including phenoxy) is 2. The Morgan fingerprint density at radius 1 is 1.00 bits per heavy atom. The van der Waals surface area contributed by atoms with Gasteiger partial charge in [0.15, 0.2) is 11.6 Å². The van der Waals surface area contributed by atoms with Crippen molar-refractivity contribution in [3.63, 3.8) is 0 Å². The number of methoxy groups -OCH3 is 2. The third-order valence-electron chi connectivity index (χ3n) is 7.16. The number of aromatic nitrogens is 1. The number of hydrogen-bond acceptors (Lipinski definition) is 12. The minimum Gasteiger partial charge on any atom is -0.384 e. The fourth-order valence-electron chi connectivity index (χ4n) is 4.62. The van der Waals surface area contributed by atoms with E-state index in [1.54, 1.807) is 37.3 Å². The van der Waals surface area contributed by atoms with E-state index in [2.05, 4.69) is 15.6 Å². The topological polar surface area (TPSA) is 187 Å². The molecule has 17 heteroatoms. The van der Waals surface area contributed by atoms with E-state index in [1.165, 1.54) is 20.4 Å². The van der Waals surface area contributed by atoms with Crippen molar-refractivity contribution >= 4 is 44.8 Å². The summed E-state index contributed by atoms with van der Waals surface area (Å²) in [5.41, 5.74) is -1.99. The third kappa shape index (κ3) is 11.3. The molecule has 0 spiro atoms. The van der Waals surface area contributed by atoms with Gasteiger partial charge in [0.1, 0.15) is 39.7 Å². The van der Waals surface area contributed by atoms with E-state index >= 15 is 0 Å². The summed E-state index contributed by atoms with van der Waals surface area (Å²) in [5.74, 6) is -6.65. The molecule has 0 fully saturated rings. The van der Waals surface area contributed by atoms with E-state index in [0.29, 0.717) is 28.8 Å². The van der Waals surface area contributed by atoms with Crippen molar-refractivity contribution in [1.29, 1.82) is 0 Å². The van der Waals surface area contributed by atoms with E-state index in [0.717, 1.165) is 18.3 Å². The largest absolute Gasteiger partial charge is 0.384 e. The molecule has 0 unspecified atom stereocenters. The van der Waals surface area contributed by atoms with Crippen LogP contribution in [0.2, 0.25) is 0 Å². The minimum absolute atomic E-state index is 0.162. The van der Waals surface area contributed by atoms with Crippen LogP contribution in [0.3, 0.4) is 0 Å². The van der Waals surface area contributed by atoms with Crippen molar-refractivity contribution in [2.75, 3.05) is 34.0 Å². The lowest BCUT2D eigenvalue weighted by Gasteiger charge is -2.29. The Bertz CT molecular complexity index is 1740. The number of ketones is 2. The number of carbonyl (C=O) groups excluding carboxylic acids is 4. The molecule has 49 heavy (non-hydrogen) atoms. The van der Waals surface area contributed by atoms with Gasteiger partial charge in [-0.2, -0.15) is 8.42 Å². The molecule has 1 aromatic heterocycles. The maximum Gasteiger partial charge on any atom is 0.300 e. The maximum atomic E-state index is 14.2. The first-order valence-corrected chi connectivity index (χ1v) is 17.0. The Hall–Kier alpha value is -4.00. The van der Waals surface area contributed by atoms with Crippen molar-refractivity contribution in [3.05, 3.63) is 81.8 Å². The smallest absolute Gasteiger partial charge is 0.300 e. The number of rotatable bonds is 19. The van der Waals surface area contributed by atoms with Gasteiger partial charge in [0.2, 0.25) is 5.91 Å². The Labute approximate surface area is 286 Å². The molecule has 1 heterocycles. The summed E-state index contributed by atoms with van der Waals surface area (Å²) in [6.07, 6.45) is 0.763. The Kier molecular flexibility index (Phi) is 14.2. The highest BCUT2D eigenvalue weighted by atomic mass is 32.2. The van der Waals surface area contributed by atoms with Crippen molar-refractivity contribution in [2.45, 2.75) is 49.3 Å². The van der Waals surface area contributed by atoms with Gasteiger partial charge < -0.3 is 25.2 Å². The van der Waals surface area contributed by atoms with Gasteiger partial charge in [-0.25, -0.2) is 13.8 Å². The summed E-state index contributed by atoms with van der Waals surface area (Å²) in [6.45, 7) is 1.02. The highest BCUT2D eigenvalue weighted by Crippen LogP contribution is 2.21. The summed E-state index contributed by atoms with van der Waals surface area (Å²) in [7, 11) is -2.26. The summed E-state index contributed by atoms with van der Waals surface area (Å²) < 4.78 is 67.8. The molecule has 0 radical (unpaired) electrons. The minimum atomic E-state index is -4.89. The molecule has 266 valence electrons. The molecule has 2 amide bonds. The number of amides is 2. The highest BCUT2D eigenvalue weighted by Gasteiger charge is 2.40. The first-order valence-electron chi connectivity index (χ1n) is 14.8. The van der Waals surface area contributed by atoms with Crippen LogP contribution in [0.4, 0.5) is 8.78 Å². The summed E-state index contributed by atoms with van der Waals surface area (Å²) in [5, 5.41) is 16.8. The maximum absolute atomic E-state index is 14.2. The zero-order valence-electron chi connectivity index (χ0n) is 27.1. The lowest BCUT2D eigenvalue weighted by molar-refractivity contribution is -0.143. The van der Waals surface area contributed by atoms with Gasteiger partial charge in [0, 0.05) is 26.7 Å². The zero-order chi connectivity index (χ0) is 36.4. The number of benzene rings is 2. The molecule has 0 saturated heterocycles. The summed E-state index contributed by atoms with van der Waals surface area (Å²) in [4.78, 5) is 56.6. The highest BCUT2D eigenvalue weighted by molar-refractivity contribution is 7.86. The number of carbonyl (C=O) groups is 4. The first kappa shape index (κ1) is 39.4. The molecule has 2 aromatic carbocycles. The van der Waals surface area contributed by atoms with Gasteiger partial charge >= 0.3 is 0 Å². The van der Waals surface area contributed by atoms with Gasteiger partial charge in [-0.05, 0) is 38.0 Å². The summed E-state index contributed by atoms with van der Waals surface area (Å²) in [6, 6.07) is 7.42. The molecular formula is C32H37F2N3O10S2. The fraction of sp³-hybridized carbons (Fsp3) is 0.406. The van der Waals surface area contributed by atoms with Gasteiger partial charge in [0.25, 0.3) is 16.0 Å². The molecule has 0 aliphatic rings. The van der Waals surface area contributed by atoms with Crippen molar-refractivity contribution in [3.8, 4) is 0 Å². The standard InChI is InChI=1S/C32H37F2N3O10S2/c1-19-35-15-27(48-19)31(41)37-25(17-46-4)26(38)13-21(16-45-3)30(40)36-24(12-20-8-6-5-7-9-20)29(39)32(2,42)18-47-49(43,44)28-11-10-22(33)14-23(28)34/h5-11,14-15,21,24-25,42H,12-13,16-18H2,1-4H3,(H,36,40)(H,37,41)/t21-,24-,25-,32+/m0/s1. The van der Waals surface area contributed by atoms with Gasteiger partial charge in [-0.15, -0.1) is 11.3 Å². The first-order chi connectivity index (χ1) is 23.1. The van der Waals surface area contributed by atoms with Crippen LogP contribution in [0.5, 0.6) is 0 Å². The number of Topliss-reactive ketones (excluding diaryl/α,β-unsaturated/α-hetero) is 2. The van der Waals surface area contributed by atoms with E-state index in [4.69, 9.17) is 13.7 Å². The van der Waals surface area contributed by atoms with Crippen LogP contribution in [0.1, 0.15) is 33.6 Å². The number of nitrogens with zero attached hydrogens (tertiary/aromatic N) is 1. The monoisotopic (exact) mass is 725 g/mol. The molecule has 0 aliphatic carbocycles. The van der Waals surface area contributed by atoms with Gasteiger partial charge in [-0.3, -0.25) is 23.4 Å². The van der Waals surface area contributed by atoms with Gasteiger partial charge in [-0.1, -0.05) is 30.3 Å². The average molecular weight is 726 g/mol. The van der Waals surface area contributed by atoms with Crippen molar-refractivity contribution < 1.29 is 55.1 Å². The molecule has 0 bridgehead atoms. The second kappa shape index (κ2) is 17.6. The van der Waals surface area contributed by atoms with Crippen LogP contribution in [-0.4, -0.2) is 93.6 Å². The lowest BCUT2D eigenvalue weighted by Crippen LogP contribution is -2.55. The zero-order valence-corrected chi connectivity index (χ0v) is 28.7. The van der Waals surface area contributed by atoms with Crippen LogP contribution in [0.15, 0.2) is 59.6 Å². The Balaban J connectivity index is 1.80. The number of thiazole rings is 1. The number of aliphatic hydroxyl groups is 1. The fourth-order valence-corrected chi connectivity index (χ4v) is 6.34. The number of hydrogen-bond donors (Lipinski definition) is 3. The van der Waals surface area contributed by atoms with Crippen molar-refractivity contribution in [2.24, 2.45) is 5.92 Å². The van der Waals surface area contributed by atoms with Crippen LogP contribution in [0.25, 0.3) is 0 Å². The second-order valence-corrected chi connectivity index (χ2v) is 14.0. The normalized spacial score (nSPS) is 14.7. The predicted octanol–water partition coefficient (Wildman–Crippen LogP) is 2.15. The van der Waals surface area contributed by atoms with Crippen LogP contribution in [0, 0.1) is 24.5 Å². The number of nitrogens with one attached hydrogen (secondary N) is 2. The third-order valence-corrected chi connectivity index (χ3v) is 9.37. The quantitative estimate of drug-likeness (QED) is 0.154. The Morgan fingerprint density at radius 3 is 2.27 bits per heavy atom. The van der Waals surface area contributed by atoms with E-state index in [-0.39, 0.29) is 24.5 Å². The molecule has 3 aromatic rings. The SMILES string of the molecule is COC[C@H](CC(=O)[C@H](COC)NC(=O)c1cnc(C)s1)C(=O)N[C@@H](Cc1ccccc1)C(=O)[C@](C)(O)COS(=O)(=O)c1ccc(F)cc1F. The number of halogens is 2. The molecule has 0 saturated carbocycles. The van der Waals surface area contributed by atoms with Crippen LogP contribution >= 0.6 is 11.3 Å². The van der Waals surface area contributed by atoms with E-state index in [1.807, 2.05) is 0 Å². The molecule has 3 N–H and O–H groups in total. The number of aryl methyl sites for hydroxylation is 1. The molecular weight excluding hydrogens is 688 g/mol. The van der Waals surface area contributed by atoms with E-state index < -0.39 is 86.7 Å². The van der Waals surface area contributed by atoms with E-state index in [9.17, 15) is 41.5 Å². The van der Waals surface area contributed by atoms with Crippen molar-refractivity contribution in [1.82, 2.24) is 15.6 Å². The van der Waals surface area contributed by atoms with Crippen LogP contribution < -0.4 is 10.6 Å². The Morgan fingerprint density at radius 2 is 1.67 bits per heavy atom. The lowest BCUT2D eigenvalue weighted by atomic mass is 9.90. The molecule has 13 nitrogen and oxygen atoms in total.